The van der Waals surface area contributed by atoms with E-state index in [-0.39, 0.29) is 11.3 Å². The highest BCUT2D eigenvalue weighted by Crippen LogP contribution is 2.44. The van der Waals surface area contributed by atoms with Gasteiger partial charge in [0.05, 0.1) is 11.3 Å². The van der Waals surface area contributed by atoms with Gasteiger partial charge in [-0.2, -0.15) is 5.26 Å². The predicted molar refractivity (Wildman–Crippen MR) is 90.9 cm³/mol. The molecule has 0 N–H and O–H groups in total. The number of rotatable bonds is 1. The summed E-state index contributed by atoms with van der Waals surface area (Å²) in [6, 6.07) is 5.25. The van der Waals surface area contributed by atoms with E-state index in [2.05, 4.69) is 9.97 Å². The second kappa shape index (κ2) is 5.92. The van der Waals surface area contributed by atoms with Gasteiger partial charge in [0.25, 0.3) is 5.91 Å². The molecule has 1 unspecified atom stereocenters. The third kappa shape index (κ3) is 2.66. The second-order valence-corrected chi connectivity index (χ2v) is 6.95. The summed E-state index contributed by atoms with van der Waals surface area (Å²) in [6.07, 6.45) is 7.48. The van der Waals surface area contributed by atoms with Crippen molar-refractivity contribution in [2.24, 2.45) is 0 Å². The lowest BCUT2D eigenvalue weighted by atomic mass is 9.77. The molecule has 0 radical (unpaired) electrons. The number of hydrogen-bond donors (Lipinski definition) is 0. The molecule has 1 spiro atoms. The molecule has 0 saturated carbocycles. The van der Waals surface area contributed by atoms with Gasteiger partial charge in [-0.15, -0.1) is 0 Å². The van der Waals surface area contributed by atoms with Gasteiger partial charge in [-0.1, -0.05) is 0 Å². The molecule has 1 fully saturated rings. The van der Waals surface area contributed by atoms with Crippen molar-refractivity contribution in [1.29, 1.82) is 5.26 Å². The van der Waals surface area contributed by atoms with E-state index in [0.29, 0.717) is 17.8 Å². The number of pyridine rings is 1. The van der Waals surface area contributed by atoms with Crippen molar-refractivity contribution in [3.8, 4) is 6.07 Å². The average molecular weight is 333 g/mol. The van der Waals surface area contributed by atoms with Crippen LogP contribution in [0.5, 0.6) is 0 Å². The number of aromatic nitrogens is 3. The highest BCUT2D eigenvalue weighted by Gasteiger charge is 2.44. The standard InChI is InChI=1S/C19H19N5O/c1-13-21-10-14-5-7-19(17(14)23-13)6-2-8-24(12-19)18(25)15-3-4-16(9-20)22-11-15/h3-4,10-11H,2,5-8,12H2,1H3. The molecule has 1 aliphatic heterocycles. The fourth-order valence-corrected chi connectivity index (χ4v) is 4.10. The Bertz CT molecular complexity index is 866. The Hall–Kier alpha value is -2.81. The van der Waals surface area contributed by atoms with Gasteiger partial charge in [0.15, 0.2) is 0 Å². The summed E-state index contributed by atoms with van der Waals surface area (Å²) in [6.45, 7) is 3.36. The van der Waals surface area contributed by atoms with Gasteiger partial charge in [-0.25, -0.2) is 15.0 Å². The Morgan fingerprint density at radius 1 is 1.28 bits per heavy atom. The summed E-state index contributed by atoms with van der Waals surface area (Å²) in [5, 5.41) is 8.85. The zero-order valence-electron chi connectivity index (χ0n) is 14.2. The maximum absolute atomic E-state index is 12.9. The SMILES string of the molecule is Cc1ncc2c(n1)C1(CCCN(C(=O)c3ccc(C#N)nc3)C1)CC2. The first kappa shape index (κ1) is 15.7. The minimum atomic E-state index is -0.0447. The Kier molecular flexibility index (Phi) is 3.72. The van der Waals surface area contributed by atoms with Crippen molar-refractivity contribution in [1.82, 2.24) is 19.9 Å². The van der Waals surface area contributed by atoms with Crippen molar-refractivity contribution in [2.75, 3.05) is 13.1 Å². The number of amides is 1. The van der Waals surface area contributed by atoms with Crippen LogP contribution in [-0.2, 0) is 11.8 Å². The molecule has 2 aromatic heterocycles. The van der Waals surface area contributed by atoms with Crippen LogP contribution in [0.1, 0.15) is 52.4 Å². The fourth-order valence-electron chi connectivity index (χ4n) is 4.10. The summed E-state index contributed by atoms with van der Waals surface area (Å²) in [4.78, 5) is 27.9. The van der Waals surface area contributed by atoms with Gasteiger partial charge in [0.2, 0.25) is 0 Å². The van der Waals surface area contributed by atoms with Gasteiger partial charge < -0.3 is 4.90 Å². The van der Waals surface area contributed by atoms with Gasteiger partial charge in [-0.3, -0.25) is 4.79 Å². The Balaban J connectivity index is 1.61. The Labute approximate surface area is 146 Å². The topological polar surface area (TPSA) is 82.8 Å². The minimum absolute atomic E-state index is 0.0182. The molecule has 3 heterocycles. The van der Waals surface area contributed by atoms with Crippen molar-refractivity contribution in [3.05, 3.63) is 52.9 Å². The molecular weight excluding hydrogens is 314 g/mol. The molecule has 6 nitrogen and oxygen atoms in total. The number of fused-ring (bicyclic) bond motifs is 2. The monoisotopic (exact) mass is 333 g/mol. The van der Waals surface area contributed by atoms with Crippen LogP contribution >= 0.6 is 0 Å². The number of piperidine rings is 1. The van der Waals surface area contributed by atoms with Gasteiger partial charge >= 0.3 is 0 Å². The maximum Gasteiger partial charge on any atom is 0.255 e. The van der Waals surface area contributed by atoms with Crippen LogP contribution in [-0.4, -0.2) is 38.8 Å². The smallest absolute Gasteiger partial charge is 0.255 e. The maximum atomic E-state index is 12.9. The third-order valence-corrected chi connectivity index (χ3v) is 5.35. The largest absolute Gasteiger partial charge is 0.338 e. The quantitative estimate of drug-likeness (QED) is 0.799. The van der Waals surface area contributed by atoms with E-state index in [1.807, 2.05) is 24.1 Å². The molecule has 6 heteroatoms. The number of likely N-dealkylation sites (tertiary alicyclic amines) is 1. The molecule has 2 aliphatic rings. The Morgan fingerprint density at radius 2 is 2.16 bits per heavy atom. The number of aryl methyl sites for hydroxylation is 2. The Morgan fingerprint density at radius 3 is 2.92 bits per heavy atom. The predicted octanol–water partition coefficient (Wildman–Crippen LogP) is 2.17. The van der Waals surface area contributed by atoms with E-state index in [1.54, 1.807) is 12.1 Å². The van der Waals surface area contributed by atoms with Crippen LogP contribution < -0.4 is 0 Å². The summed E-state index contributed by atoms with van der Waals surface area (Å²) in [5.41, 5.74) is 3.17. The number of nitrogens with zero attached hydrogens (tertiary/aromatic N) is 5. The van der Waals surface area contributed by atoms with E-state index >= 15 is 0 Å². The minimum Gasteiger partial charge on any atom is -0.338 e. The number of nitriles is 1. The molecule has 1 aliphatic carbocycles. The average Bonchev–Trinajstić information content (AvgIpc) is 2.98. The van der Waals surface area contributed by atoms with Crippen molar-refractivity contribution in [2.45, 2.75) is 38.0 Å². The number of hydrogen-bond acceptors (Lipinski definition) is 5. The molecular formula is C19H19N5O. The lowest BCUT2D eigenvalue weighted by molar-refractivity contribution is 0.0633. The van der Waals surface area contributed by atoms with E-state index in [9.17, 15) is 4.79 Å². The zero-order chi connectivity index (χ0) is 17.4. The van der Waals surface area contributed by atoms with Crippen molar-refractivity contribution in [3.63, 3.8) is 0 Å². The summed E-state index contributed by atoms with van der Waals surface area (Å²) < 4.78 is 0. The van der Waals surface area contributed by atoms with Gasteiger partial charge in [0, 0.05) is 30.9 Å². The zero-order valence-corrected chi connectivity index (χ0v) is 14.2. The summed E-state index contributed by atoms with van der Waals surface area (Å²) in [7, 11) is 0. The number of carbonyl (C=O) groups excluding carboxylic acids is 1. The van der Waals surface area contributed by atoms with E-state index in [0.717, 1.165) is 43.7 Å². The molecule has 1 saturated heterocycles. The third-order valence-electron chi connectivity index (χ3n) is 5.35. The second-order valence-electron chi connectivity index (χ2n) is 6.95. The normalized spacial score (nSPS) is 21.8. The van der Waals surface area contributed by atoms with Crippen LogP contribution in [0.15, 0.2) is 24.5 Å². The molecule has 25 heavy (non-hydrogen) atoms. The molecule has 1 amide bonds. The van der Waals surface area contributed by atoms with Crippen LogP contribution in [0, 0.1) is 18.3 Å². The van der Waals surface area contributed by atoms with Crippen LogP contribution in [0.25, 0.3) is 0 Å². The van der Waals surface area contributed by atoms with Crippen LogP contribution in [0.4, 0.5) is 0 Å². The molecule has 0 aromatic carbocycles. The van der Waals surface area contributed by atoms with E-state index < -0.39 is 0 Å². The summed E-state index contributed by atoms with van der Waals surface area (Å²) >= 11 is 0. The molecule has 0 bridgehead atoms. The van der Waals surface area contributed by atoms with Crippen LogP contribution in [0.2, 0.25) is 0 Å². The molecule has 126 valence electrons. The lowest BCUT2D eigenvalue weighted by Crippen LogP contribution is -2.48. The molecule has 4 rings (SSSR count). The van der Waals surface area contributed by atoms with Crippen molar-refractivity contribution >= 4 is 5.91 Å². The first-order chi connectivity index (χ1) is 12.1. The van der Waals surface area contributed by atoms with Gasteiger partial charge in [-0.05, 0) is 50.3 Å². The molecule has 1 atom stereocenters. The highest BCUT2D eigenvalue weighted by molar-refractivity contribution is 5.94. The number of carbonyl (C=O) groups is 1. The van der Waals surface area contributed by atoms with Gasteiger partial charge in [0.1, 0.15) is 17.6 Å². The first-order valence-electron chi connectivity index (χ1n) is 8.60. The first-order valence-corrected chi connectivity index (χ1v) is 8.60. The van der Waals surface area contributed by atoms with Crippen molar-refractivity contribution < 1.29 is 4.79 Å². The van der Waals surface area contributed by atoms with Crippen LogP contribution in [0.3, 0.4) is 0 Å². The van der Waals surface area contributed by atoms with E-state index in [4.69, 9.17) is 10.2 Å². The highest BCUT2D eigenvalue weighted by atomic mass is 16.2. The summed E-state index contributed by atoms with van der Waals surface area (Å²) in [5.74, 6) is 0.773. The lowest BCUT2D eigenvalue weighted by Gasteiger charge is -2.40. The van der Waals surface area contributed by atoms with E-state index in [1.165, 1.54) is 11.8 Å². The molecule has 2 aromatic rings. The fraction of sp³-hybridized carbons (Fsp3) is 0.421.